The standard InChI is InChI=1S/C15H22N2O3/c1-2-5-12(10-15(19)20)17-14(18)9-8-11-6-3-4-7-13(11)16/h3-4,6-7,12H,2,5,8-10,16H2,1H3,(H,17,18)(H,19,20). The molecule has 1 atom stereocenters. The Hall–Kier alpha value is -2.04. The molecule has 110 valence electrons. The quantitative estimate of drug-likeness (QED) is 0.634. The van der Waals surface area contributed by atoms with Gasteiger partial charge in [-0.2, -0.15) is 0 Å². The van der Waals surface area contributed by atoms with Crippen LogP contribution in [0.3, 0.4) is 0 Å². The van der Waals surface area contributed by atoms with Crippen molar-refractivity contribution in [3.63, 3.8) is 0 Å². The first kappa shape index (κ1) is 16.0. The lowest BCUT2D eigenvalue weighted by atomic mass is 10.1. The number of carboxylic acid groups (broad SMARTS) is 1. The summed E-state index contributed by atoms with van der Waals surface area (Å²) in [7, 11) is 0. The molecule has 5 nitrogen and oxygen atoms in total. The van der Waals surface area contributed by atoms with Crippen LogP contribution in [-0.2, 0) is 16.0 Å². The molecule has 0 fully saturated rings. The number of carbonyl (C=O) groups is 2. The lowest BCUT2D eigenvalue weighted by Gasteiger charge is -2.16. The summed E-state index contributed by atoms with van der Waals surface area (Å²) in [4.78, 5) is 22.6. The topological polar surface area (TPSA) is 92.4 Å². The Morgan fingerprint density at radius 1 is 1.35 bits per heavy atom. The Kier molecular flexibility index (Phi) is 6.56. The first-order valence-corrected chi connectivity index (χ1v) is 6.87. The molecule has 1 aromatic carbocycles. The number of aryl methyl sites for hydroxylation is 1. The summed E-state index contributed by atoms with van der Waals surface area (Å²) >= 11 is 0. The summed E-state index contributed by atoms with van der Waals surface area (Å²) in [6, 6.07) is 7.14. The molecule has 0 aliphatic rings. The van der Waals surface area contributed by atoms with Crippen LogP contribution in [0, 0.1) is 0 Å². The predicted molar refractivity (Wildman–Crippen MR) is 78.3 cm³/mol. The van der Waals surface area contributed by atoms with E-state index in [1.807, 2.05) is 25.1 Å². The Labute approximate surface area is 119 Å². The fourth-order valence-electron chi connectivity index (χ4n) is 2.09. The molecule has 0 spiro atoms. The Balaban J connectivity index is 2.45. The van der Waals surface area contributed by atoms with Gasteiger partial charge in [-0.3, -0.25) is 9.59 Å². The number of carbonyl (C=O) groups excluding carboxylic acids is 1. The number of aliphatic carboxylic acids is 1. The molecule has 1 unspecified atom stereocenters. The number of nitrogen functional groups attached to an aromatic ring is 1. The van der Waals surface area contributed by atoms with Crippen LogP contribution < -0.4 is 11.1 Å². The lowest BCUT2D eigenvalue weighted by Crippen LogP contribution is -2.36. The second-order valence-corrected chi connectivity index (χ2v) is 4.85. The third-order valence-corrected chi connectivity index (χ3v) is 3.10. The number of para-hydroxylation sites is 1. The Morgan fingerprint density at radius 2 is 2.05 bits per heavy atom. The first-order chi connectivity index (χ1) is 9.52. The molecule has 5 heteroatoms. The van der Waals surface area contributed by atoms with Gasteiger partial charge >= 0.3 is 5.97 Å². The molecule has 1 amide bonds. The maximum atomic E-state index is 11.8. The van der Waals surface area contributed by atoms with Gasteiger partial charge in [0.25, 0.3) is 0 Å². The minimum atomic E-state index is -0.893. The van der Waals surface area contributed by atoms with E-state index in [2.05, 4.69) is 5.32 Å². The molecule has 0 aliphatic heterocycles. The van der Waals surface area contributed by atoms with Crippen LogP contribution >= 0.6 is 0 Å². The van der Waals surface area contributed by atoms with E-state index in [1.165, 1.54) is 0 Å². The maximum Gasteiger partial charge on any atom is 0.305 e. The van der Waals surface area contributed by atoms with Gasteiger partial charge in [0.1, 0.15) is 0 Å². The molecular weight excluding hydrogens is 256 g/mol. The van der Waals surface area contributed by atoms with E-state index < -0.39 is 5.97 Å². The molecule has 0 saturated carbocycles. The highest BCUT2D eigenvalue weighted by Gasteiger charge is 2.15. The Morgan fingerprint density at radius 3 is 2.65 bits per heavy atom. The number of anilines is 1. The van der Waals surface area contributed by atoms with E-state index in [-0.39, 0.29) is 18.4 Å². The summed E-state index contributed by atoms with van der Waals surface area (Å²) in [6.45, 7) is 1.96. The number of nitrogens with two attached hydrogens (primary N) is 1. The molecule has 0 aromatic heterocycles. The normalized spacial score (nSPS) is 11.8. The molecular formula is C15H22N2O3. The van der Waals surface area contributed by atoms with Gasteiger partial charge in [-0.1, -0.05) is 31.5 Å². The zero-order chi connectivity index (χ0) is 15.0. The van der Waals surface area contributed by atoms with Crippen molar-refractivity contribution in [2.45, 2.75) is 45.1 Å². The average molecular weight is 278 g/mol. The largest absolute Gasteiger partial charge is 0.481 e. The van der Waals surface area contributed by atoms with Crippen molar-refractivity contribution in [2.24, 2.45) is 0 Å². The van der Waals surface area contributed by atoms with Crippen LogP contribution in [0.1, 0.15) is 38.2 Å². The van der Waals surface area contributed by atoms with Gasteiger partial charge in [0.15, 0.2) is 0 Å². The van der Waals surface area contributed by atoms with Gasteiger partial charge in [-0.15, -0.1) is 0 Å². The van der Waals surface area contributed by atoms with Gasteiger partial charge in [0.2, 0.25) is 5.91 Å². The van der Waals surface area contributed by atoms with Crippen molar-refractivity contribution < 1.29 is 14.7 Å². The van der Waals surface area contributed by atoms with Crippen molar-refractivity contribution in [2.75, 3.05) is 5.73 Å². The summed E-state index contributed by atoms with van der Waals surface area (Å²) in [5.74, 6) is -1.02. The van der Waals surface area contributed by atoms with Crippen molar-refractivity contribution in [3.8, 4) is 0 Å². The third-order valence-electron chi connectivity index (χ3n) is 3.10. The number of amides is 1. The minimum absolute atomic E-state index is 0.0347. The van der Waals surface area contributed by atoms with E-state index in [0.29, 0.717) is 24.9 Å². The summed E-state index contributed by atoms with van der Waals surface area (Å²) < 4.78 is 0. The van der Waals surface area contributed by atoms with Crippen molar-refractivity contribution >= 4 is 17.6 Å². The highest BCUT2D eigenvalue weighted by Crippen LogP contribution is 2.12. The van der Waals surface area contributed by atoms with E-state index in [0.717, 1.165) is 12.0 Å². The van der Waals surface area contributed by atoms with E-state index in [1.54, 1.807) is 6.07 Å². The SMILES string of the molecule is CCCC(CC(=O)O)NC(=O)CCc1ccccc1N. The van der Waals surface area contributed by atoms with Crippen LogP contribution in [0.25, 0.3) is 0 Å². The van der Waals surface area contributed by atoms with Gasteiger partial charge in [0.05, 0.1) is 6.42 Å². The predicted octanol–water partition coefficient (Wildman–Crippen LogP) is 1.96. The second-order valence-electron chi connectivity index (χ2n) is 4.85. The third kappa shape index (κ3) is 5.73. The smallest absolute Gasteiger partial charge is 0.305 e. The second kappa shape index (κ2) is 8.19. The zero-order valence-corrected chi connectivity index (χ0v) is 11.8. The highest BCUT2D eigenvalue weighted by atomic mass is 16.4. The summed E-state index contributed by atoms with van der Waals surface area (Å²) in [5, 5.41) is 11.6. The van der Waals surface area contributed by atoms with E-state index >= 15 is 0 Å². The summed E-state index contributed by atoms with van der Waals surface area (Å²) in [5.41, 5.74) is 7.43. The number of hydrogen-bond acceptors (Lipinski definition) is 3. The molecule has 0 aliphatic carbocycles. The van der Waals surface area contributed by atoms with Crippen molar-refractivity contribution in [1.82, 2.24) is 5.32 Å². The van der Waals surface area contributed by atoms with Gasteiger partial charge in [0, 0.05) is 18.2 Å². The molecule has 0 radical (unpaired) electrons. The number of nitrogens with one attached hydrogen (secondary N) is 1. The fourth-order valence-corrected chi connectivity index (χ4v) is 2.09. The molecule has 0 heterocycles. The van der Waals surface area contributed by atoms with Crippen LogP contribution in [0.15, 0.2) is 24.3 Å². The number of rotatable bonds is 8. The van der Waals surface area contributed by atoms with Crippen molar-refractivity contribution in [1.29, 1.82) is 0 Å². The van der Waals surface area contributed by atoms with E-state index in [4.69, 9.17) is 10.8 Å². The average Bonchev–Trinajstić information content (AvgIpc) is 2.37. The molecule has 20 heavy (non-hydrogen) atoms. The van der Waals surface area contributed by atoms with Crippen molar-refractivity contribution in [3.05, 3.63) is 29.8 Å². The first-order valence-electron chi connectivity index (χ1n) is 6.87. The summed E-state index contributed by atoms with van der Waals surface area (Å²) in [6.07, 6.45) is 2.35. The maximum absolute atomic E-state index is 11.8. The fraction of sp³-hybridized carbons (Fsp3) is 0.467. The number of hydrogen-bond donors (Lipinski definition) is 3. The van der Waals surface area contributed by atoms with Crippen LogP contribution in [-0.4, -0.2) is 23.0 Å². The lowest BCUT2D eigenvalue weighted by molar-refractivity contribution is -0.137. The molecule has 4 N–H and O–H groups in total. The Bertz CT molecular complexity index is 460. The molecule has 1 aromatic rings. The minimum Gasteiger partial charge on any atom is -0.481 e. The molecule has 0 saturated heterocycles. The van der Waals surface area contributed by atoms with Crippen LogP contribution in [0.5, 0.6) is 0 Å². The number of benzene rings is 1. The van der Waals surface area contributed by atoms with Crippen LogP contribution in [0.4, 0.5) is 5.69 Å². The van der Waals surface area contributed by atoms with Gasteiger partial charge in [-0.05, 0) is 24.5 Å². The molecule has 1 rings (SSSR count). The number of carboxylic acids is 1. The molecule has 0 bridgehead atoms. The van der Waals surface area contributed by atoms with Crippen LogP contribution in [0.2, 0.25) is 0 Å². The van der Waals surface area contributed by atoms with E-state index in [9.17, 15) is 9.59 Å². The van der Waals surface area contributed by atoms with Gasteiger partial charge < -0.3 is 16.2 Å². The highest BCUT2D eigenvalue weighted by molar-refractivity contribution is 5.77. The van der Waals surface area contributed by atoms with Gasteiger partial charge in [-0.25, -0.2) is 0 Å². The zero-order valence-electron chi connectivity index (χ0n) is 11.8. The monoisotopic (exact) mass is 278 g/mol.